The molecule has 0 radical (unpaired) electrons. The van der Waals surface area contributed by atoms with Crippen molar-refractivity contribution in [1.82, 2.24) is 4.98 Å². The van der Waals surface area contributed by atoms with E-state index in [9.17, 15) is 4.79 Å². The number of para-hydroxylation sites is 2. The molecule has 4 rings (SSSR count). The van der Waals surface area contributed by atoms with Crippen molar-refractivity contribution in [3.8, 4) is 11.5 Å². The molecule has 4 heteroatoms. The van der Waals surface area contributed by atoms with Gasteiger partial charge >= 0.3 is 0 Å². The van der Waals surface area contributed by atoms with E-state index in [4.69, 9.17) is 4.74 Å². The third-order valence-corrected chi connectivity index (χ3v) is 4.81. The monoisotopic (exact) mass is 394 g/mol. The number of hydrogen-bond donors (Lipinski definition) is 0. The van der Waals surface area contributed by atoms with Gasteiger partial charge in [-0.25, -0.2) is 0 Å². The molecule has 1 aromatic heterocycles. The van der Waals surface area contributed by atoms with E-state index in [0.717, 1.165) is 28.3 Å². The summed E-state index contributed by atoms with van der Waals surface area (Å²) in [4.78, 5) is 19.2. The molecule has 0 aliphatic carbocycles. The Morgan fingerprint density at radius 3 is 2.13 bits per heavy atom. The molecule has 0 atom stereocenters. The highest BCUT2D eigenvalue weighted by molar-refractivity contribution is 6.06. The van der Waals surface area contributed by atoms with E-state index in [0.29, 0.717) is 12.1 Å². The standard InChI is InChI=1S/C26H22N2O2/c1-20-18-27-17-16-25(20)26(29)28(22-8-4-2-5-9-22)19-21-12-14-24(15-13-21)30-23-10-6-3-7-11-23/h2-18H,19H2,1H3. The number of hydrogen-bond acceptors (Lipinski definition) is 3. The number of rotatable bonds is 6. The summed E-state index contributed by atoms with van der Waals surface area (Å²) < 4.78 is 5.87. The molecular formula is C26H22N2O2. The van der Waals surface area contributed by atoms with Crippen molar-refractivity contribution >= 4 is 11.6 Å². The van der Waals surface area contributed by atoms with E-state index < -0.39 is 0 Å². The summed E-state index contributed by atoms with van der Waals surface area (Å²) in [6.45, 7) is 2.36. The quantitative estimate of drug-likeness (QED) is 0.401. The highest BCUT2D eigenvalue weighted by Gasteiger charge is 2.19. The van der Waals surface area contributed by atoms with Crippen LogP contribution < -0.4 is 9.64 Å². The predicted octanol–water partition coefficient (Wildman–Crippen LogP) is 6.03. The zero-order valence-electron chi connectivity index (χ0n) is 16.7. The number of pyridine rings is 1. The van der Waals surface area contributed by atoms with E-state index in [-0.39, 0.29) is 5.91 Å². The molecule has 1 amide bonds. The Morgan fingerprint density at radius 2 is 1.47 bits per heavy atom. The third-order valence-electron chi connectivity index (χ3n) is 4.81. The van der Waals surface area contributed by atoms with Crippen molar-refractivity contribution in [3.63, 3.8) is 0 Å². The predicted molar refractivity (Wildman–Crippen MR) is 119 cm³/mol. The number of amides is 1. The van der Waals surface area contributed by atoms with Gasteiger partial charge in [-0.05, 0) is 60.5 Å². The van der Waals surface area contributed by atoms with E-state index in [2.05, 4.69) is 4.98 Å². The molecule has 30 heavy (non-hydrogen) atoms. The van der Waals surface area contributed by atoms with Gasteiger partial charge < -0.3 is 9.64 Å². The summed E-state index contributed by atoms with van der Waals surface area (Å²) in [5.41, 5.74) is 3.37. The molecule has 148 valence electrons. The van der Waals surface area contributed by atoms with Gasteiger partial charge in [-0.1, -0.05) is 48.5 Å². The van der Waals surface area contributed by atoms with Crippen LogP contribution in [-0.2, 0) is 6.54 Å². The topological polar surface area (TPSA) is 42.4 Å². The average molecular weight is 394 g/mol. The van der Waals surface area contributed by atoms with Gasteiger partial charge in [-0.2, -0.15) is 0 Å². The van der Waals surface area contributed by atoms with Crippen molar-refractivity contribution in [2.75, 3.05) is 4.90 Å². The lowest BCUT2D eigenvalue weighted by atomic mass is 10.1. The number of benzene rings is 3. The fourth-order valence-corrected chi connectivity index (χ4v) is 3.22. The van der Waals surface area contributed by atoms with Crippen LogP contribution in [0.1, 0.15) is 21.5 Å². The Labute approximate surface area is 176 Å². The second kappa shape index (κ2) is 9.05. The third kappa shape index (κ3) is 4.55. The van der Waals surface area contributed by atoms with Crippen molar-refractivity contribution in [1.29, 1.82) is 0 Å². The second-order valence-electron chi connectivity index (χ2n) is 6.98. The smallest absolute Gasteiger partial charge is 0.258 e. The number of anilines is 1. The maximum atomic E-state index is 13.4. The summed E-state index contributed by atoms with van der Waals surface area (Å²) in [6.07, 6.45) is 3.37. The van der Waals surface area contributed by atoms with Crippen LogP contribution in [0.4, 0.5) is 5.69 Å². The Hall–Kier alpha value is -3.92. The average Bonchev–Trinajstić information content (AvgIpc) is 2.80. The molecule has 0 fully saturated rings. The van der Waals surface area contributed by atoms with Crippen molar-refractivity contribution in [3.05, 3.63) is 120 Å². The van der Waals surface area contributed by atoms with E-state index >= 15 is 0 Å². The van der Waals surface area contributed by atoms with Crippen LogP contribution >= 0.6 is 0 Å². The van der Waals surface area contributed by atoms with Gasteiger partial charge in [0.25, 0.3) is 5.91 Å². The van der Waals surface area contributed by atoms with Gasteiger partial charge in [0.2, 0.25) is 0 Å². The molecule has 0 spiro atoms. The minimum atomic E-state index is -0.0503. The fraction of sp³-hybridized carbons (Fsp3) is 0.0769. The normalized spacial score (nSPS) is 10.4. The van der Waals surface area contributed by atoms with Crippen LogP contribution in [-0.4, -0.2) is 10.9 Å². The molecule has 0 bridgehead atoms. The van der Waals surface area contributed by atoms with Gasteiger partial charge in [0.1, 0.15) is 11.5 Å². The summed E-state index contributed by atoms with van der Waals surface area (Å²) in [5.74, 6) is 1.50. The van der Waals surface area contributed by atoms with E-state index in [1.807, 2.05) is 91.9 Å². The van der Waals surface area contributed by atoms with Crippen molar-refractivity contribution < 1.29 is 9.53 Å². The fourth-order valence-electron chi connectivity index (χ4n) is 3.22. The Morgan fingerprint density at radius 1 is 0.833 bits per heavy atom. The molecule has 0 saturated heterocycles. The molecular weight excluding hydrogens is 372 g/mol. The van der Waals surface area contributed by atoms with Crippen molar-refractivity contribution in [2.45, 2.75) is 13.5 Å². The number of ether oxygens (including phenoxy) is 1. The summed E-state index contributed by atoms with van der Waals surface area (Å²) in [7, 11) is 0. The Kier molecular flexibility index (Phi) is 5.85. The van der Waals surface area contributed by atoms with Gasteiger partial charge in [0.15, 0.2) is 0 Å². The molecule has 3 aromatic carbocycles. The summed E-state index contributed by atoms with van der Waals surface area (Å²) in [6, 6.07) is 29.0. The molecule has 4 nitrogen and oxygen atoms in total. The van der Waals surface area contributed by atoms with Crippen molar-refractivity contribution in [2.24, 2.45) is 0 Å². The number of carbonyl (C=O) groups excluding carboxylic acids is 1. The maximum absolute atomic E-state index is 13.4. The second-order valence-corrected chi connectivity index (χ2v) is 6.98. The summed E-state index contributed by atoms with van der Waals surface area (Å²) >= 11 is 0. The Balaban J connectivity index is 1.58. The number of aromatic nitrogens is 1. The molecule has 0 aliphatic rings. The molecule has 0 N–H and O–H groups in total. The SMILES string of the molecule is Cc1cnccc1C(=O)N(Cc1ccc(Oc2ccccc2)cc1)c1ccccc1. The van der Waals surface area contributed by atoms with E-state index in [1.54, 1.807) is 23.4 Å². The van der Waals surface area contributed by atoms with E-state index in [1.165, 1.54) is 0 Å². The van der Waals surface area contributed by atoms with Crippen LogP contribution in [0.2, 0.25) is 0 Å². The molecule has 0 saturated carbocycles. The van der Waals surface area contributed by atoms with Gasteiger partial charge in [0, 0.05) is 23.6 Å². The number of nitrogens with zero attached hydrogens (tertiary/aromatic N) is 2. The van der Waals surface area contributed by atoms with Crippen LogP contribution in [0.3, 0.4) is 0 Å². The summed E-state index contributed by atoms with van der Waals surface area (Å²) in [5, 5.41) is 0. The zero-order chi connectivity index (χ0) is 20.8. The highest BCUT2D eigenvalue weighted by Crippen LogP contribution is 2.24. The largest absolute Gasteiger partial charge is 0.457 e. The first kappa shape index (κ1) is 19.4. The number of aryl methyl sites for hydroxylation is 1. The minimum Gasteiger partial charge on any atom is -0.457 e. The van der Waals surface area contributed by atoms with Gasteiger partial charge in [0.05, 0.1) is 6.54 Å². The molecule has 1 heterocycles. The molecule has 0 aliphatic heterocycles. The first-order chi connectivity index (χ1) is 14.7. The Bertz CT molecular complexity index is 1110. The number of carbonyl (C=O) groups is 1. The lowest BCUT2D eigenvalue weighted by molar-refractivity contribution is 0.0984. The zero-order valence-corrected chi connectivity index (χ0v) is 16.7. The maximum Gasteiger partial charge on any atom is 0.258 e. The lowest BCUT2D eigenvalue weighted by Gasteiger charge is -2.24. The molecule has 0 unspecified atom stereocenters. The lowest BCUT2D eigenvalue weighted by Crippen LogP contribution is -2.31. The van der Waals surface area contributed by atoms with Gasteiger partial charge in [-0.15, -0.1) is 0 Å². The minimum absolute atomic E-state index is 0.0503. The van der Waals surface area contributed by atoms with Crippen LogP contribution in [0.15, 0.2) is 103 Å². The van der Waals surface area contributed by atoms with Crippen LogP contribution in [0, 0.1) is 6.92 Å². The molecule has 4 aromatic rings. The van der Waals surface area contributed by atoms with Crippen LogP contribution in [0.5, 0.6) is 11.5 Å². The van der Waals surface area contributed by atoms with Gasteiger partial charge in [-0.3, -0.25) is 9.78 Å². The van der Waals surface area contributed by atoms with Crippen LogP contribution in [0.25, 0.3) is 0 Å². The highest BCUT2D eigenvalue weighted by atomic mass is 16.5. The first-order valence-electron chi connectivity index (χ1n) is 9.80. The first-order valence-corrected chi connectivity index (χ1v) is 9.80.